The molecule has 2 aromatic carbocycles. The molecule has 0 amide bonds. The van der Waals surface area contributed by atoms with Crippen molar-refractivity contribution < 1.29 is 31.0 Å². The minimum atomic E-state index is 0. The second-order valence-corrected chi connectivity index (χ2v) is 8.31. The molecule has 0 bridgehead atoms. The molecule has 0 fully saturated rings. The number of ether oxygens (including phenoxy) is 2. The molecule has 0 spiro atoms. The summed E-state index contributed by atoms with van der Waals surface area (Å²) in [7, 11) is 3.36. The van der Waals surface area contributed by atoms with Crippen LogP contribution in [0.5, 0.6) is 11.5 Å². The third-order valence-electron chi connectivity index (χ3n) is 6.32. The molecule has 6 rings (SSSR count). The molecule has 0 saturated heterocycles. The molecule has 178 valence electrons. The monoisotopic (exact) mass is 537 g/mol. The number of fused-ring (bicyclic) bond motifs is 2. The molecule has 0 saturated carbocycles. The molecular formula is C30H24BrN3O2. The summed E-state index contributed by atoms with van der Waals surface area (Å²) in [6.07, 6.45) is 6.31. The fraction of sp³-hybridized carbons (Fsp3) is 0.0667. The summed E-state index contributed by atoms with van der Waals surface area (Å²) in [6, 6.07) is 30.8. The molecule has 1 aliphatic heterocycles. The quantitative estimate of drug-likeness (QED) is 0.323. The lowest BCUT2D eigenvalue weighted by Gasteiger charge is -2.04. The Bertz CT molecular complexity index is 1600. The first-order valence-corrected chi connectivity index (χ1v) is 11.5. The van der Waals surface area contributed by atoms with Gasteiger partial charge in [-0.2, -0.15) is 4.57 Å². The van der Waals surface area contributed by atoms with Gasteiger partial charge in [0.05, 0.1) is 31.1 Å². The van der Waals surface area contributed by atoms with Gasteiger partial charge < -0.3 is 30.9 Å². The van der Waals surface area contributed by atoms with Crippen LogP contribution in [0.1, 0.15) is 11.3 Å². The van der Waals surface area contributed by atoms with E-state index in [1.165, 1.54) is 0 Å². The highest BCUT2D eigenvalue weighted by Crippen LogP contribution is 2.33. The summed E-state index contributed by atoms with van der Waals surface area (Å²) in [5.41, 5.74) is 8.34. The van der Waals surface area contributed by atoms with E-state index in [2.05, 4.69) is 69.9 Å². The Labute approximate surface area is 220 Å². The average molecular weight is 538 g/mol. The topological polar surface area (TPSA) is 39.1 Å². The van der Waals surface area contributed by atoms with Crippen LogP contribution in [0.2, 0.25) is 0 Å². The summed E-state index contributed by atoms with van der Waals surface area (Å²) in [5, 5.41) is 0. The first-order chi connectivity index (χ1) is 17.2. The van der Waals surface area contributed by atoms with Gasteiger partial charge in [0.2, 0.25) is 11.4 Å². The van der Waals surface area contributed by atoms with Crippen molar-refractivity contribution in [1.82, 2.24) is 4.40 Å². The van der Waals surface area contributed by atoms with Crippen molar-refractivity contribution in [2.24, 2.45) is 4.99 Å². The third kappa shape index (κ3) is 4.10. The van der Waals surface area contributed by atoms with E-state index >= 15 is 0 Å². The highest BCUT2D eigenvalue weighted by Gasteiger charge is 2.29. The number of hydrogen-bond donors (Lipinski definition) is 0. The Kier molecular flexibility index (Phi) is 6.44. The van der Waals surface area contributed by atoms with E-state index in [1.807, 2.05) is 48.5 Å². The van der Waals surface area contributed by atoms with Crippen LogP contribution in [0, 0.1) is 0 Å². The second kappa shape index (κ2) is 9.84. The van der Waals surface area contributed by atoms with Crippen molar-refractivity contribution in [3.05, 3.63) is 121 Å². The minimum absolute atomic E-state index is 0. The lowest BCUT2D eigenvalue weighted by Crippen LogP contribution is -3.00. The normalized spacial score (nSPS) is 13.3. The van der Waals surface area contributed by atoms with Gasteiger partial charge in [-0.15, -0.1) is 0 Å². The number of aliphatic imine (C=N–C) groups is 1. The standard InChI is InChI=1S/C30H24N3O2.BrH/c1-34-23-13-9-21(10-14-23)29-19-25(27-7-3-5-17-32(27)29)31-26-20-30(33-18-6-4-8-28(26)33)22-11-15-24(35-2)16-12-22;/h3-20H,1-2H3;1H/q+1;/p-1. The van der Waals surface area contributed by atoms with Crippen molar-refractivity contribution in [2.45, 2.75) is 0 Å². The number of hydrogen-bond acceptors (Lipinski definition) is 3. The fourth-order valence-corrected chi connectivity index (χ4v) is 4.55. The molecule has 4 heterocycles. The van der Waals surface area contributed by atoms with Crippen LogP contribution in [-0.4, -0.2) is 24.3 Å². The molecule has 5 nitrogen and oxygen atoms in total. The van der Waals surface area contributed by atoms with E-state index < -0.39 is 0 Å². The summed E-state index contributed by atoms with van der Waals surface area (Å²) >= 11 is 0. The summed E-state index contributed by atoms with van der Waals surface area (Å²) in [5.74, 6) is 1.68. The minimum Gasteiger partial charge on any atom is -1.00 e. The summed E-state index contributed by atoms with van der Waals surface area (Å²) in [6.45, 7) is 0. The van der Waals surface area contributed by atoms with E-state index in [0.717, 1.165) is 56.6 Å². The van der Waals surface area contributed by atoms with Crippen LogP contribution in [0.15, 0.2) is 114 Å². The SMILES string of the molecule is COc1ccc(C2=CC(=Nc3cc(-c4ccc(OC)cc4)n4ccccc34)c3cccc[n+]32)cc1.[Br-]. The number of benzene rings is 2. The Hall–Kier alpha value is -4.16. The average Bonchev–Trinajstić information content (AvgIpc) is 3.48. The summed E-state index contributed by atoms with van der Waals surface area (Å²) < 4.78 is 15.0. The number of aromatic nitrogens is 2. The van der Waals surface area contributed by atoms with Crippen LogP contribution in [0.3, 0.4) is 0 Å². The van der Waals surface area contributed by atoms with Crippen LogP contribution >= 0.6 is 0 Å². The maximum Gasteiger partial charge on any atom is 0.237 e. The number of allylic oxidation sites excluding steroid dienone is 1. The molecule has 0 unspecified atom stereocenters. The van der Waals surface area contributed by atoms with E-state index in [-0.39, 0.29) is 17.0 Å². The maximum atomic E-state index is 5.33. The number of halogens is 1. The first kappa shape index (κ1) is 23.6. The first-order valence-electron chi connectivity index (χ1n) is 11.5. The van der Waals surface area contributed by atoms with Gasteiger partial charge in [0, 0.05) is 30.0 Å². The highest BCUT2D eigenvalue weighted by molar-refractivity contribution is 6.13. The van der Waals surface area contributed by atoms with Gasteiger partial charge in [-0.3, -0.25) is 0 Å². The van der Waals surface area contributed by atoms with Crippen molar-refractivity contribution in [2.75, 3.05) is 14.2 Å². The lowest BCUT2D eigenvalue weighted by atomic mass is 10.1. The largest absolute Gasteiger partial charge is 1.00 e. The smallest absolute Gasteiger partial charge is 0.237 e. The van der Waals surface area contributed by atoms with E-state index in [4.69, 9.17) is 14.5 Å². The predicted molar refractivity (Wildman–Crippen MR) is 139 cm³/mol. The zero-order chi connectivity index (χ0) is 23.8. The molecule has 36 heavy (non-hydrogen) atoms. The molecule has 0 aliphatic carbocycles. The molecular weight excluding hydrogens is 514 g/mol. The van der Waals surface area contributed by atoms with Gasteiger partial charge in [-0.05, 0) is 78.4 Å². The number of methoxy groups -OCH3 is 2. The third-order valence-corrected chi connectivity index (χ3v) is 6.32. The van der Waals surface area contributed by atoms with Gasteiger partial charge in [0.1, 0.15) is 17.2 Å². The molecule has 0 atom stereocenters. The molecule has 0 N–H and O–H groups in total. The Morgan fingerprint density at radius 3 is 2.11 bits per heavy atom. The molecule has 6 heteroatoms. The summed E-state index contributed by atoms with van der Waals surface area (Å²) in [4.78, 5) is 5.17. The number of pyridine rings is 2. The van der Waals surface area contributed by atoms with Gasteiger partial charge in [-0.1, -0.05) is 6.07 Å². The predicted octanol–water partition coefficient (Wildman–Crippen LogP) is 2.94. The van der Waals surface area contributed by atoms with E-state index in [1.54, 1.807) is 14.2 Å². The van der Waals surface area contributed by atoms with Gasteiger partial charge >= 0.3 is 0 Å². The Morgan fingerprint density at radius 1 is 0.750 bits per heavy atom. The highest BCUT2D eigenvalue weighted by atomic mass is 79.9. The fourth-order valence-electron chi connectivity index (χ4n) is 4.55. The van der Waals surface area contributed by atoms with Crippen LogP contribution in [0.25, 0.3) is 22.5 Å². The second-order valence-electron chi connectivity index (χ2n) is 8.31. The van der Waals surface area contributed by atoms with E-state index in [0.29, 0.717) is 0 Å². The maximum absolute atomic E-state index is 5.33. The lowest BCUT2D eigenvalue weighted by molar-refractivity contribution is -0.577. The van der Waals surface area contributed by atoms with Gasteiger partial charge in [0.25, 0.3) is 0 Å². The number of nitrogens with zero attached hydrogens (tertiary/aromatic N) is 3. The van der Waals surface area contributed by atoms with Crippen molar-refractivity contribution in [1.29, 1.82) is 0 Å². The Balaban J connectivity index is 0.00000267. The number of rotatable bonds is 5. The molecule has 1 aliphatic rings. The Morgan fingerprint density at radius 2 is 1.42 bits per heavy atom. The van der Waals surface area contributed by atoms with Crippen molar-refractivity contribution >= 4 is 22.6 Å². The molecule has 3 aromatic heterocycles. The van der Waals surface area contributed by atoms with Gasteiger partial charge in [0.15, 0.2) is 6.20 Å². The zero-order valence-electron chi connectivity index (χ0n) is 19.9. The van der Waals surface area contributed by atoms with Crippen LogP contribution in [-0.2, 0) is 0 Å². The van der Waals surface area contributed by atoms with Gasteiger partial charge in [-0.25, -0.2) is 4.99 Å². The van der Waals surface area contributed by atoms with E-state index in [9.17, 15) is 0 Å². The van der Waals surface area contributed by atoms with Crippen molar-refractivity contribution in [3.8, 4) is 22.8 Å². The zero-order valence-corrected chi connectivity index (χ0v) is 21.5. The van der Waals surface area contributed by atoms with Crippen LogP contribution in [0.4, 0.5) is 5.69 Å². The molecule has 5 aromatic rings. The molecule has 0 radical (unpaired) electrons. The van der Waals surface area contributed by atoms with Crippen LogP contribution < -0.4 is 31.0 Å². The van der Waals surface area contributed by atoms with Crippen molar-refractivity contribution in [3.63, 3.8) is 0 Å².